The third-order valence-corrected chi connectivity index (χ3v) is 1.08. The van der Waals surface area contributed by atoms with E-state index in [1.807, 2.05) is 0 Å². The van der Waals surface area contributed by atoms with Gasteiger partial charge in [-0.2, -0.15) is 18.2 Å². The Kier molecular flexibility index (Phi) is 6.67. The van der Waals surface area contributed by atoms with Gasteiger partial charge in [0.1, 0.15) is 0 Å². The summed E-state index contributed by atoms with van der Waals surface area (Å²) in [6.45, 7) is 0. The summed E-state index contributed by atoms with van der Waals surface area (Å²) in [5.74, 6) is -0.905. The van der Waals surface area contributed by atoms with Crippen LogP contribution in [0.3, 0.4) is 0 Å². The van der Waals surface area contributed by atoms with Crippen molar-refractivity contribution >= 4 is 13.6 Å². The standard InChI is InChI=1S/C7H4F3.BrH.Zn/c8-6-4-2-1-3-5(6)7(9)10;;/h1,3-4,7H;1H;/q-1;;+2/p-1. The first-order valence-electron chi connectivity index (χ1n) is 2.92. The second kappa shape index (κ2) is 6.61. The van der Waals surface area contributed by atoms with Crippen LogP contribution in [0.25, 0.3) is 0 Å². The summed E-state index contributed by atoms with van der Waals surface area (Å²) in [4.78, 5) is 0. The maximum absolute atomic E-state index is 12.3. The van der Waals surface area contributed by atoms with Gasteiger partial charge in [0.15, 0.2) is 0 Å². The average Bonchev–Trinajstić information content (AvgIpc) is 2.08. The second-order valence-electron chi connectivity index (χ2n) is 1.75. The Morgan fingerprint density at radius 3 is 2.33 bits per heavy atom. The summed E-state index contributed by atoms with van der Waals surface area (Å²) in [5, 5.41) is 0. The molecular weight excluding hydrogens is 286 g/mol. The molecule has 62 valence electrons. The van der Waals surface area contributed by atoms with Crippen LogP contribution in [0.2, 0.25) is 0 Å². The summed E-state index contributed by atoms with van der Waals surface area (Å²) in [5.41, 5.74) is -0.571. The van der Waals surface area contributed by atoms with Crippen LogP contribution >= 0.6 is 13.6 Å². The molecule has 0 nitrogen and oxygen atoms in total. The molecule has 0 unspecified atom stereocenters. The predicted molar refractivity (Wildman–Crippen MR) is 39.1 cm³/mol. The molecule has 12 heavy (non-hydrogen) atoms. The van der Waals surface area contributed by atoms with Gasteiger partial charge in [-0.3, -0.25) is 4.39 Å². The zero-order chi connectivity index (χ0) is 9.56. The number of benzene rings is 1. The third kappa shape index (κ3) is 3.68. The first-order valence-corrected chi connectivity index (χ1v) is 9.87. The fourth-order valence-corrected chi connectivity index (χ4v) is 0.599. The molecule has 0 aliphatic heterocycles. The van der Waals surface area contributed by atoms with Crippen molar-refractivity contribution < 1.29 is 29.5 Å². The average molecular weight is 290 g/mol. The number of alkyl halides is 2. The van der Waals surface area contributed by atoms with E-state index in [0.29, 0.717) is 0 Å². The Morgan fingerprint density at radius 1 is 1.42 bits per heavy atom. The predicted octanol–water partition coefficient (Wildman–Crippen LogP) is 3.41. The number of hydrogen-bond donors (Lipinski definition) is 0. The fourth-order valence-electron chi connectivity index (χ4n) is 0.599. The van der Waals surface area contributed by atoms with E-state index in [1.165, 1.54) is 22.4 Å². The van der Waals surface area contributed by atoms with Crippen LogP contribution in [0.4, 0.5) is 13.2 Å². The molecular formula is C7H4BrF3Zn. The second-order valence-corrected chi connectivity index (χ2v) is 1.75. The van der Waals surface area contributed by atoms with Crippen molar-refractivity contribution in [1.82, 2.24) is 0 Å². The summed E-state index contributed by atoms with van der Waals surface area (Å²) in [6.07, 6.45) is -2.74. The van der Waals surface area contributed by atoms with E-state index in [9.17, 15) is 13.2 Å². The molecule has 0 N–H and O–H groups in total. The van der Waals surface area contributed by atoms with E-state index < -0.39 is 17.8 Å². The number of halogens is 4. The zero-order valence-corrected chi connectivity index (χ0v) is 10.6. The Balaban J connectivity index is 0.000000561. The van der Waals surface area contributed by atoms with Gasteiger partial charge in [0.05, 0.1) is 0 Å². The normalized spacial score (nSPS) is 9.25. The molecule has 1 aromatic rings. The van der Waals surface area contributed by atoms with Gasteiger partial charge in [-0.1, -0.05) is 5.56 Å². The molecule has 1 aromatic carbocycles. The van der Waals surface area contributed by atoms with Crippen molar-refractivity contribution in [2.75, 3.05) is 0 Å². The quantitative estimate of drug-likeness (QED) is 0.549. The summed E-state index contributed by atoms with van der Waals surface area (Å²) in [6, 6.07) is 5.51. The molecule has 0 heterocycles. The van der Waals surface area contributed by atoms with Gasteiger partial charge in [0.2, 0.25) is 6.43 Å². The molecule has 0 bridgehead atoms. The van der Waals surface area contributed by atoms with E-state index in [1.54, 1.807) is 0 Å². The number of hydrogen-bond acceptors (Lipinski definition) is 0. The number of rotatable bonds is 1. The van der Waals surface area contributed by atoms with Crippen molar-refractivity contribution in [2.24, 2.45) is 0 Å². The van der Waals surface area contributed by atoms with E-state index in [-0.39, 0.29) is 0 Å². The van der Waals surface area contributed by atoms with E-state index in [4.69, 9.17) is 0 Å². The molecule has 5 heteroatoms. The molecule has 0 saturated heterocycles. The molecule has 0 aromatic heterocycles. The summed E-state index contributed by atoms with van der Waals surface area (Å²) < 4.78 is 35.9. The molecule has 0 saturated carbocycles. The van der Waals surface area contributed by atoms with Crippen molar-refractivity contribution in [3.63, 3.8) is 0 Å². The van der Waals surface area contributed by atoms with Crippen molar-refractivity contribution in [1.29, 1.82) is 0 Å². The molecule has 0 aliphatic carbocycles. The summed E-state index contributed by atoms with van der Waals surface area (Å²) >= 11 is 4.25. The Hall–Kier alpha value is 0.113. The van der Waals surface area contributed by atoms with Crippen LogP contribution < -0.4 is 0 Å². The van der Waals surface area contributed by atoms with Gasteiger partial charge in [0, 0.05) is 5.82 Å². The molecule has 0 aliphatic rings. The monoisotopic (exact) mass is 288 g/mol. The van der Waals surface area contributed by atoms with Crippen molar-refractivity contribution in [3.05, 3.63) is 35.6 Å². The minimum absolute atomic E-state index is 0.571. The molecule has 0 fully saturated rings. The molecule has 0 radical (unpaired) electrons. The topological polar surface area (TPSA) is 0 Å². The van der Waals surface area contributed by atoms with Gasteiger partial charge in [-0.05, 0) is 0 Å². The first kappa shape index (κ1) is 12.1. The molecule has 0 spiro atoms. The van der Waals surface area contributed by atoms with Gasteiger partial charge in [-0.25, -0.2) is 8.78 Å². The summed E-state index contributed by atoms with van der Waals surface area (Å²) in [7, 11) is 0. The van der Waals surface area contributed by atoms with Crippen LogP contribution in [0, 0.1) is 11.9 Å². The van der Waals surface area contributed by atoms with Crippen molar-refractivity contribution in [2.45, 2.75) is 6.43 Å². The first-order chi connectivity index (χ1) is 5.72. The van der Waals surface area contributed by atoms with Crippen LogP contribution in [-0.4, -0.2) is 0 Å². The van der Waals surface area contributed by atoms with E-state index in [0.717, 1.165) is 12.1 Å². The molecule has 1 rings (SSSR count). The van der Waals surface area contributed by atoms with Gasteiger partial charge in [-0.15, -0.1) is 6.07 Å². The van der Waals surface area contributed by atoms with Gasteiger partial charge in [0.25, 0.3) is 0 Å². The molecule has 0 amide bonds. The Labute approximate surface area is 85.2 Å². The van der Waals surface area contributed by atoms with Crippen LogP contribution in [0.5, 0.6) is 0 Å². The molecule has 0 atom stereocenters. The Morgan fingerprint density at radius 2 is 2.00 bits per heavy atom. The fraction of sp³-hybridized carbons (Fsp3) is 0.143. The SMILES string of the molecule is Fc1c[c-]ccc1C(F)F.[Zn+][Br]. The van der Waals surface area contributed by atoms with Gasteiger partial charge < -0.3 is 0 Å². The Bertz CT molecular complexity index is 230. The zero-order valence-electron chi connectivity index (χ0n) is 6.03. The van der Waals surface area contributed by atoms with Crippen molar-refractivity contribution in [3.8, 4) is 0 Å². The minimum atomic E-state index is -2.74. The van der Waals surface area contributed by atoms with E-state index >= 15 is 0 Å². The van der Waals surface area contributed by atoms with Gasteiger partial charge >= 0.3 is 30.0 Å². The van der Waals surface area contributed by atoms with Crippen LogP contribution in [0.15, 0.2) is 18.2 Å². The maximum atomic E-state index is 12.3. The van der Waals surface area contributed by atoms with E-state index in [2.05, 4.69) is 19.7 Å². The van der Waals surface area contributed by atoms with Crippen LogP contribution in [-0.2, 0) is 16.3 Å². The third-order valence-electron chi connectivity index (χ3n) is 1.08. The van der Waals surface area contributed by atoms with Crippen LogP contribution in [0.1, 0.15) is 12.0 Å².